The van der Waals surface area contributed by atoms with E-state index in [-0.39, 0.29) is 0 Å². The van der Waals surface area contributed by atoms with Gasteiger partial charge in [0.2, 0.25) is 0 Å². The largest absolute Gasteiger partial charge is 0.319 e. The van der Waals surface area contributed by atoms with Crippen LogP contribution >= 0.6 is 12.6 Å². The molecule has 0 aromatic carbocycles. The fraction of sp³-hybridized carbons (Fsp3) is 1.00. The Labute approximate surface area is 63.6 Å². The van der Waals surface area contributed by atoms with Gasteiger partial charge >= 0.3 is 0 Å². The molecule has 0 rings (SSSR count). The van der Waals surface area contributed by atoms with Crippen LogP contribution in [0.1, 0.15) is 20.3 Å². The van der Waals surface area contributed by atoms with Crippen LogP contribution in [-0.2, 0) is 0 Å². The van der Waals surface area contributed by atoms with Gasteiger partial charge in [0.25, 0.3) is 0 Å². The van der Waals surface area contributed by atoms with Gasteiger partial charge in [0.05, 0.1) is 0 Å². The topological polar surface area (TPSA) is 12.0 Å². The normalized spacial score (nSPS) is 12.0. The van der Waals surface area contributed by atoms with Gasteiger partial charge in [-0.15, -0.1) is 0 Å². The molecule has 0 heterocycles. The molecule has 9 heavy (non-hydrogen) atoms. The fourth-order valence-electron chi connectivity index (χ4n) is 0.870. The first-order valence-corrected chi connectivity index (χ1v) is 4.01. The summed E-state index contributed by atoms with van der Waals surface area (Å²) in [6.45, 7) is 5.58. The molecule has 0 aromatic rings. The molecule has 0 unspecified atom stereocenters. The van der Waals surface area contributed by atoms with Gasteiger partial charge < -0.3 is 5.32 Å². The molecule has 0 bridgehead atoms. The second-order valence-corrected chi connectivity index (χ2v) is 3.62. The molecular weight excluding hydrogens is 130 g/mol. The van der Waals surface area contributed by atoms with Crippen LogP contribution in [-0.4, -0.2) is 19.3 Å². The van der Waals surface area contributed by atoms with Crippen molar-refractivity contribution in [3.8, 4) is 0 Å². The third-order valence-electron chi connectivity index (χ3n) is 1.44. The average molecular weight is 147 g/mol. The Bertz CT molecular complexity index is 63.3. The van der Waals surface area contributed by atoms with E-state index >= 15 is 0 Å². The lowest BCUT2D eigenvalue weighted by molar-refractivity contribution is 0.342. The highest BCUT2D eigenvalue weighted by Crippen LogP contribution is 2.18. The smallest absolute Gasteiger partial charge is 0.0000193 e. The highest BCUT2D eigenvalue weighted by Gasteiger charge is 2.14. The molecule has 0 aromatic heterocycles. The van der Waals surface area contributed by atoms with Crippen molar-refractivity contribution in [3.05, 3.63) is 0 Å². The molecule has 1 N–H and O–H groups in total. The third kappa shape index (κ3) is 4.79. The summed E-state index contributed by atoms with van der Waals surface area (Å²) in [7, 11) is 1.99. The number of nitrogens with one attached hydrogen (secondary N) is 1. The summed E-state index contributed by atoms with van der Waals surface area (Å²) >= 11 is 4.18. The molecule has 0 aliphatic rings. The zero-order valence-corrected chi connectivity index (χ0v) is 7.46. The second kappa shape index (κ2) is 4.18. The van der Waals surface area contributed by atoms with Crippen LogP contribution in [0.15, 0.2) is 0 Å². The first-order valence-electron chi connectivity index (χ1n) is 3.38. The molecule has 0 saturated heterocycles. The number of thiol groups is 1. The number of hydrogen-bond acceptors (Lipinski definition) is 2. The van der Waals surface area contributed by atoms with Gasteiger partial charge in [0, 0.05) is 0 Å². The van der Waals surface area contributed by atoms with Crippen LogP contribution in [0.4, 0.5) is 0 Å². The Kier molecular flexibility index (Phi) is 4.32. The molecule has 56 valence electrons. The van der Waals surface area contributed by atoms with Crippen LogP contribution in [0.5, 0.6) is 0 Å². The molecule has 0 aliphatic carbocycles. The Balaban J connectivity index is 3.43. The quantitative estimate of drug-likeness (QED) is 0.575. The molecular formula is C7H17NS. The van der Waals surface area contributed by atoms with Gasteiger partial charge in [-0.05, 0) is 31.2 Å². The maximum Gasteiger partial charge on any atom is -0.0000193 e. The van der Waals surface area contributed by atoms with Crippen molar-refractivity contribution in [2.24, 2.45) is 5.41 Å². The zero-order chi connectivity index (χ0) is 7.33. The second-order valence-electron chi connectivity index (χ2n) is 3.17. The summed E-state index contributed by atoms with van der Waals surface area (Å²) in [5, 5.41) is 3.16. The van der Waals surface area contributed by atoms with Crippen molar-refractivity contribution in [2.45, 2.75) is 20.3 Å². The van der Waals surface area contributed by atoms with Gasteiger partial charge in [-0.25, -0.2) is 0 Å². The molecule has 2 heteroatoms. The summed E-state index contributed by atoms with van der Waals surface area (Å²) in [5.74, 6) is 0.981. The van der Waals surface area contributed by atoms with Crippen molar-refractivity contribution >= 4 is 12.6 Å². The summed E-state index contributed by atoms with van der Waals surface area (Å²) < 4.78 is 0. The van der Waals surface area contributed by atoms with E-state index in [1.165, 1.54) is 6.42 Å². The van der Waals surface area contributed by atoms with Crippen molar-refractivity contribution in [1.82, 2.24) is 5.32 Å². The average Bonchev–Trinajstić information content (AvgIpc) is 1.64. The van der Waals surface area contributed by atoms with Crippen LogP contribution in [0.2, 0.25) is 0 Å². The summed E-state index contributed by atoms with van der Waals surface area (Å²) in [6.07, 6.45) is 1.18. The fourth-order valence-corrected chi connectivity index (χ4v) is 1.47. The molecule has 0 atom stereocenters. The molecule has 0 aliphatic heterocycles. The highest BCUT2D eigenvalue weighted by molar-refractivity contribution is 7.80. The van der Waals surface area contributed by atoms with Gasteiger partial charge in [-0.2, -0.15) is 12.6 Å². The van der Waals surface area contributed by atoms with Crippen molar-refractivity contribution in [3.63, 3.8) is 0 Å². The molecule has 0 spiro atoms. The minimum absolute atomic E-state index is 0.413. The van der Waals surface area contributed by atoms with E-state index in [1.54, 1.807) is 0 Å². The maximum atomic E-state index is 4.18. The van der Waals surface area contributed by atoms with E-state index in [9.17, 15) is 0 Å². The SMILES string of the molecule is CNCC(C)(C)CCS. The lowest BCUT2D eigenvalue weighted by Crippen LogP contribution is -2.26. The van der Waals surface area contributed by atoms with Crippen LogP contribution < -0.4 is 5.32 Å². The first kappa shape index (κ1) is 9.31. The molecule has 0 radical (unpaired) electrons. The van der Waals surface area contributed by atoms with Crippen molar-refractivity contribution in [1.29, 1.82) is 0 Å². The van der Waals surface area contributed by atoms with Crippen molar-refractivity contribution in [2.75, 3.05) is 19.3 Å². The summed E-state index contributed by atoms with van der Waals surface area (Å²) in [6, 6.07) is 0. The Morgan fingerprint density at radius 3 is 2.33 bits per heavy atom. The van der Waals surface area contributed by atoms with Crippen LogP contribution in [0, 0.1) is 5.41 Å². The van der Waals surface area contributed by atoms with Crippen LogP contribution in [0.3, 0.4) is 0 Å². The van der Waals surface area contributed by atoms with E-state index in [0.29, 0.717) is 5.41 Å². The van der Waals surface area contributed by atoms with E-state index in [4.69, 9.17) is 0 Å². The maximum absolute atomic E-state index is 4.18. The Morgan fingerprint density at radius 1 is 1.44 bits per heavy atom. The van der Waals surface area contributed by atoms with E-state index in [1.807, 2.05) is 7.05 Å². The number of hydrogen-bond donors (Lipinski definition) is 2. The predicted octanol–water partition coefficient (Wildman–Crippen LogP) is 1.55. The van der Waals surface area contributed by atoms with E-state index < -0.39 is 0 Å². The van der Waals surface area contributed by atoms with Gasteiger partial charge in [0.15, 0.2) is 0 Å². The molecule has 0 saturated carbocycles. The zero-order valence-electron chi connectivity index (χ0n) is 6.57. The van der Waals surface area contributed by atoms with Gasteiger partial charge in [0.1, 0.15) is 0 Å². The van der Waals surface area contributed by atoms with E-state index in [2.05, 4.69) is 31.8 Å². The summed E-state index contributed by atoms with van der Waals surface area (Å²) in [4.78, 5) is 0. The Morgan fingerprint density at radius 2 is 2.00 bits per heavy atom. The Hall–Kier alpha value is 0.310. The number of rotatable bonds is 4. The lowest BCUT2D eigenvalue weighted by atomic mass is 9.90. The molecule has 0 fully saturated rings. The van der Waals surface area contributed by atoms with Crippen molar-refractivity contribution < 1.29 is 0 Å². The van der Waals surface area contributed by atoms with Crippen LogP contribution in [0.25, 0.3) is 0 Å². The minimum Gasteiger partial charge on any atom is -0.319 e. The van der Waals surface area contributed by atoms with E-state index in [0.717, 1.165) is 12.3 Å². The first-order chi connectivity index (χ1) is 4.12. The standard InChI is InChI=1S/C7H17NS/c1-7(2,4-5-9)6-8-3/h8-9H,4-6H2,1-3H3. The highest BCUT2D eigenvalue weighted by atomic mass is 32.1. The summed E-state index contributed by atoms with van der Waals surface area (Å²) in [5.41, 5.74) is 0.413. The molecule has 0 amide bonds. The predicted molar refractivity (Wildman–Crippen MR) is 46.2 cm³/mol. The monoisotopic (exact) mass is 147 g/mol. The van der Waals surface area contributed by atoms with Gasteiger partial charge in [-0.1, -0.05) is 13.8 Å². The lowest BCUT2D eigenvalue weighted by Gasteiger charge is -2.22. The molecule has 1 nitrogen and oxygen atoms in total. The van der Waals surface area contributed by atoms with Gasteiger partial charge in [-0.3, -0.25) is 0 Å². The minimum atomic E-state index is 0.413. The third-order valence-corrected chi connectivity index (χ3v) is 1.67.